The van der Waals surface area contributed by atoms with E-state index in [1.54, 1.807) is 0 Å². The molecule has 0 unspecified atom stereocenters. The van der Waals surface area contributed by atoms with Crippen molar-refractivity contribution in [1.29, 1.82) is 0 Å². The van der Waals surface area contributed by atoms with E-state index < -0.39 is 0 Å². The van der Waals surface area contributed by atoms with Gasteiger partial charge in [0.2, 0.25) is 11.9 Å². The predicted molar refractivity (Wildman–Crippen MR) is 112 cm³/mol. The molecule has 7 nitrogen and oxygen atoms in total. The first-order chi connectivity index (χ1) is 12.6. The van der Waals surface area contributed by atoms with Crippen molar-refractivity contribution in [3.05, 3.63) is 41.7 Å². The van der Waals surface area contributed by atoms with Crippen LogP contribution in [0.5, 0.6) is 0 Å². The van der Waals surface area contributed by atoms with Crippen LogP contribution >= 0.6 is 12.4 Å². The van der Waals surface area contributed by atoms with Crippen LogP contribution in [0.25, 0.3) is 10.9 Å². The Kier molecular flexibility index (Phi) is 5.60. The first kappa shape index (κ1) is 19.1. The van der Waals surface area contributed by atoms with Gasteiger partial charge in [0, 0.05) is 50.0 Å². The zero-order valence-electron chi connectivity index (χ0n) is 15.8. The fourth-order valence-electron chi connectivity index (χ4n) is 3.35. The van der Waals surface area contributed by atoms with E-state index in [-0.39, 0.29) is 12.4 Å². The van der Waals surface area contributed by atoms with Crippen molar-refractivity contribution in [2.24, 2.45) is 0 Å². The summed E-state index contributed by atoms with van der Waals surface area (Å²) in [4.78, 5) is 23.1. The van der Waals surface area contributed by atoms with Crippen molar-refractivity contribution in [1.82, 2.24) is 19.9 Å². The van der Waals surface area contributed by atoms with Crippen LogP contribution in [-0.2, 0) is 0 Å². The zero-order chi connectivity index (χ0) is 18.1. The number of anilines is 3. The summed E-state index contributed by atoms with van der Waals surface area (Å²) in [5, 5.41) is 4.23. The number of rotatable bonds is 3. The summed E-state index contributed by atoms with van der Waals surface area (Å²) in [5.74, 6) is 2.46. The summed E-state index contributed by atoms with van der Waals surface area (Å²) in [6.45, 7) is 7.42. The maximum Gasteiger partial charge on any atom is 0.228 e. The van der Waals surface area contributed by atoms with Gasteiger partial charge in [-0.3, -0.25) is 0 Å². The lowest BCUT2D eigenvalue weighted by Gasteiger charge is -2.35. The van der Waals surface area contributed by atoms with Gasteiger partial charge in [0.05, 0.1) is 5.52 Å². The predicted octanol–water partition coefficient (Wildman–Crippen LogP) is 2.83. The van der Waals surface area contributed by atoms with Gasteiger partial charge in [-0.2, -0.15) is 4.98 Å². The maximum atomic E-state index is 4.76. The molecule has 4 rings (SSSR count). The molecular weight excluding hydrogens is 362 g/mol. The number of piperazine rings is 1. The van der Waals surface area contributed by atoms with Gasteiger partial charge in [0.15, 0.2) is 0 Å². The van der Waals surface area contributed by atoms with Crippen LogP contribution in [0.1, 0.15) is 11.4 Å². The highest BCUT2D eigenvalue weighted by Gasteiger charge is 2.22. The Labute approximate surface area is 165 Å². The lowest BCUT2D eigenvalue weighted by Crippen LogP contribution is -2.47. The Morgan fingerprint density at radius 1 is 0.815 bits per heavy atom. The number of nitrogens with one attached hydrogen (secondary N) is 1. The number of hydrogen-bond acceptors (Lipinski definition) is 7. The molecule has 27 heavy (non-hydrogen) atoms. The fourth-order valence-corrected chi connectivity index (χ4v) is 3.35. The van der Waals surface area contributed by atoms with E-state index >= 15 is 0 Å². The highest BCUT2D eigenvalue weighted by atomic mass is 35.5. The third kappa shape index (κ3) is 3.88. The van der Waals surface area contributed by atoms with Gasteiger partial charge in [0.25, 0.3) is 0 Å². The summed E-state index contributed by atoms with van der Waals surface area (Å²) in [5.41, 5.74) is 2.97. The minimum atomic E-state index is 0. The van der Waals surface area contributed by atoms with Crippen molar-refractivity contribution < 1.29 is 0 Å². The average molecular weight is 386 g/mol. The van der Waals surface area contributed by atoms with Gasteiger partial charge in [-0.1, -0.05) is 12.1 Å². The molecule has 0 radical (unpaired) electrons. The molecule has 0 aliphatic carbocycles. The molecule has 1 aliphatic rings. The van der Waals surface area contributed by atoms with Gasteiger partial charge in [-0.25, -0.2) is 15.0 Å². The number of aromatic nitrogens is 4. The molecule has 0 saturated carbocycles. The van der Waals surface area contributed by atoms with Crippen LogP contribution in [-0.4, -0.2) is 53.2 Å². The molecule has 142 valence electrons. The molecule has 3 aromatic rings. The smallest absolute Gasteiger partial charge is 0.228 e. The van der Waals surface area contributed by atoms with Gasteiger partial charge < -0.3 is 15.1 Å². The van der Waals surface area contributed by atoms with Crippen LogP contribution < -0.4 is 15.1 Å². The first-order valence-corrected chi connectivity index (χ1v) is 8.91. The molecular formula is C19H24ClN7. The fraction of sp³-hybridized carbons (Fsp3) is 0.368. The molecule has 1 fully saturated rings. The minimum absolute atomic E-state index is 0. The summed E-state index contributed by atoms with van der Waals surface area (Å²) >= 11 is 0. The second-order valence-electron chi connectivity index (χ2n) is 6.56. The topological polar surface area (TPSA) is 70.1 Å². The number of nitrogens with zero attached hydrogens (tertiary/aromatic N) is 6. The number of aryl methyl sites for hydroxylation is 2. The molecule has 8 heteroatoms. The largest absolute Gasteiger partial charge is 0.372 e. The Hall–Kier alpha value is -2.67. The van der Waals surface area contributed by atoms with Crippen LogP contribution in [0.3, 0.4) is 0 Å². The van der Waals surface area contributed by atoms with Gasteiger partial charge in [-0.15, -0.1) is 12.4 Å². The van der Waals surface area contributed by atoms with E-state index in [4.69, 9.17) is 9.97 Å². The normalized spacial score (nSPS) is 14.2. The Morgan fingerprint density at radius 3 is 1.96 bits per heavy atom. The second kappa shape index (κ2) is 7.92. The summed E-state index contributed by atoms with van der Waals surface area (Å²) in [6.07, 6.45) is 0. The molecule has 0 bridgehead atoms. The Bertz CT molecular complexity index is 918. The summed E-state index contributed by atoms with van der Waals surface area (Å²) < 4.78 is 0. The van der Waals surface area contributed by atoms with E-state index in [2.05, 4.69) is 25.1 Å². The SMILES string of the molecule is CNc1nc(N2CCN(c3nc(C)cc(C)n3)CC2)nc2ccccc12.Cl. The molecule has 0 atom stereocenters. The average Bonchev–Trinajstić information content (AvgIpc) is 2.66. The molecule has 2 aromatic heterocycles. The Morgan fingerprint density at radius 2 is 1.37 bits per heavy atom. The summed E-state index contributed by atoms with van der Waals surface area (Å²) in [7, 11) is 1.90. The maximum absolute atomic E-state index is 4.76. The molecule has 0 spiro atoms. The highest BCUT2D eigenvalue weighted by Crippen LogP contribution is 2.24. The van der Waals surface area contributed by atoms with Gasteiger partial charge in [0.1, 0.15) is 5.82 Å². The number of fused-ring (bicyclic) bond motifs is 1. The highest BCUT2D eigenvalue weighted by molar-refractivity contribution is 5.90. The van der Waals surface area contributed by atoms with E-state index in [1.807, 2.05) is 51.2 Å². The Balaban J connectivity index is 0.00000210. The van der Waals surface area contributed by atoms with Crippen LogP contribution in [0.4, 0.5) is 17.7 Å². The quantitative estimate of drug-likeness (QED) is 0.743. The number of benzene rings is 1. The molecule has 1 N–H and O–H groups in total. The number of hydrogen-bond donors (Lipinski definition) is 1. The minimum Gasteiger partial charge on any atom is -0.372 e. The van der Waals surface area contributed by atoms with Crippen molar-refractivity contribution in [3.8, 4) is 0 Å². The molecule has 3 heterocycles. The number of para-hydroxylation sites is 1. The molecule has 1 saturated heterocycles. The van der Waals surface area contributed by atoms with E-state index in [0.717, 1.165) is 66.2 Å². The second-order valence-corrected chi connectivity index (χ2v) is 6.56. The lowest BCUT2D eigenvalue weighted by molar-refractivity contribution is 0.627. The zero-order valence-corrected chi connectivity index (χ0v) is 16.6. The summed E-state index contributed by atoms with van der Waals surface area (Å²) in [6, 6.07) is 10.1. The standard InChI is InChI=1S/C19H23N7.ClH/c1-13-12-14(2)22-18(21-13)25-8-10-26(11-9-25)19-23-16-7-5-4-6-15(16)17(20-3)24-19;/h4-7,12H,8-11H2,1-3H3,(H,20,23,24);1H. The van der Waals surface area contributed by atoms with E-state index in [0.29, 0.717) is 0 Å². The van der Waals surface area contributed by atoms with Crippen LogP contribution in [0, 0.1) is 13.8 Å². The van der Waals surface area contributed by atoms with Crippen molar-refractivity contribution in [2.45, 2.75) is 13.8 Å². The third-order valence-electron chi connectivity index (χ3n) is 4.64. The number of halogens is 1. The third-order valence-corrected chi connectivity index (χ3v) is 4.64. The molecule has 0 amide bonds. The van der Waals surface area contributed by atoms with Crippen molar-refractivity contribution >= 4 is 41.0 Å². The van der Waals surface area contributed by atoms with Gasteiger partial charge >= 0.3 is 0 Å². The first-order valence-electron chi connectivity index (χ1n) is 8.91. The van der Waals surface area contributed by atoms with E-state index in [1.165, 1.54) is 0 Å². The van der Waals surface area contributed by atoms with E-state index in [9.17, 15) is 0 Å². The lowest BCUT2D eigenvalue weighted by atomic mass is 10.2. The monoisotopic (exact) mass is 385 g/mol. The van der Waals surface area contributed by atoms with Gasteiger partial charge in [-0.05, 0) is 32.0 Å². The van der Waals surface area contributed by atoms with Crippen molar-refractivity contribution in [2.75, 3.05) is 48.3 Å². The van der Waals surface area contributed by atoms with Crippen molar-refractivity contribution in [3.63, 3.8) is 0 Å². The van der Waals surface area contributed by atoms with Crippen LogP contribution in [0.15, 0.2) is 30.3 Å². The molecule has 1 aliphatic heterocycles. The molecule has 1 aromatic carbocycles. The van der Waals surface area contributed by atoms with Crippen LogP contribution in [0.2, 0.25) is 0 Å².